The van der Waals surface area contributed by atoms with Crippen LogP contribution in [0.4, 0.5) is 11.5 Å². The second kappa shape index (κ2) is 7.80. The average molecular weight is 347 g/mol. The quantitative estimate of drug-likeness (QED) is 0.211. The Morgan fingerprint density at radius 1 is 1.35 bits per heavy atom. The number of hydrogen-bond acceptors (Lipinski definition) is 8. The summed E-state index contributed by atoms with van der Waals surface area (Å²) < 4.78 is 0. The van der Waals surface area contributed by atoms with E-state index in [9.17, 15) is 10.1 Å². The number of rotatable bonds is 6. The lowest BCUT2D eigenvalue weighted by molar-refractivity contribution is -0.387. The molecule has 0 spiro atoms. The minimum atomic E-state index is -0.568. The van der Waals surface area contributed by atoms with Crippen LogP contribution in [0.2, 0.25) is 0 Å². The van der Waals surface area contributed by atoms with Crippen molar-refractivity contribution < 1.29 is 4.92 Å². The summed E-state index contributed by atoms with van der Waals surface area (Å²) in [5, 5.41) is 25.4. The Bertz CT molecular complexity index is 759. The third-order valence-corrected chi connectivity index (χ3v) is 4.04. The fourth-order valence-corrected chi connectivity index (χ4v) is 2.71. The van der Waals surface area contributed by atoms with Crippen LogP contribution in [-0.2, 0) is 6.54 Å². The molecule has 0 radical (unpaired) electrons. The smallest absolute Gasteiger partial charge is 0.344 e. The van der Waals surface area contributed by atoms with Crippen LogP contribution in [0.25, 0.3) is 0 Å². The molecule has 0 fully saturated rings. The standard InChI is InChI=1S/C14H13N5O2S2/c1-9-3-5-10(6-4-9)7-16-12-11(19(20)21)13(23-8-15)18-14(17-12)22-2/h3-6H,7H2,1-2H3,(H,16,17,18). The molecule has 23 heavy (non-hydrogen) atoms. The number of thiocyanates is 1. The van der Waals surface area contributed by atoms with Gasteiger partial charge in [0, 0.05) is 18.3 Å². The molecule has 0 aliphatic rings. The fourth-order valence-electron chi connectivity index (χ4n) is 1.80. The highest BCUT2D eigenvalue weighted by Crippen LogP contribution is 2.34. The number of nitrogens with zero attached hydrogens (tertiary/aromatic N) is 4. The van der Waals surface area contributed by atoms with Crippen molar-refractivity contribution >= 4 is 35.0 Å². The van der Waals surface area contributed by atoms with Crippen molar-refractivity contribution in [1.29, 1.82) is 5.26 Å². The second-order valence-corrected chi connectivity index (χ2v) is 6.05. The van der Waals surface area contributed by atoms with Gasteiger partial charge in [0.25, 0.3) is 0 Å². The van der Waals surface area contributed by atoms with Gasteiger partial charge in [0.1, 0.15) is 5.40 Å². The van der Waals surface area contributed by atoms with Crippen LogP contribution in [0.15, 0.2) is 34.4 Å². The summed E-state index contributed by atoms with van der Waals surface area (Å²) in [5.74, 6) is 0.118. The average Bonchev–Trinajstić information content (AvgIpc) is 2.53. The number of hydrogen-bond donors (Lipinski definition) is 1. The van der Waals surface area contributed by atoms with Crippen LogP contribution in [0.5, 0.6) is 0 Å². The van der Waals surface area contributed by atoms with Gasteiger partial charge in [-0.15, -0.1) is 0 Å². The van der Waals surface area contributed by atoms with Crippen molar-refractivity contribution in [3.63, 3.8) is 0 Å². The zero-order valence-corrected chi connectivity index (χ0v) is 14.1. The zero-order chi connectivity index (χ0) is 16.8. The third kappa shape index (κ3) is 4.34. The summed E-state index contributed by atoms with van der Waals surface area (Å²) in [6, 6.07) is 7.82. The first-order chi connectivity index (χ1) is 11.0. The maximum absolute atomic E-state index is 11.3. The van der Waals surface area contributed by atoms with E-state index < -0.39 is 4.92 Å². The molecule has 0 bridgehead atoms. The summed E-state index contributed by atoms with van der Waals surface area (Å²) in [7, 11) is 0. The molecule has 2 aromatic rings. The van der Waals surface area contributed by atoms with E-state index in [1.165, 1.54) is 11.8 Å². The highest BCUT2D eigenvalue weighted by Gasteiger charge is 2.25. The van der Waals surface area contributed by atoms with Gasteiger partial charge in [-0.3, -0.25) is 10.1 Å². The number of nitriles is 1. The number of nitro groups is 1. The summed E-state index contributed by atoms with van der Waals surface area (Å²) in [6.07, 6.45) is 1.77. The Morgan fingerprint density at radius 3 is 2.61 bits per heavy atom. The molecular weight excluding hydrogens is 334 g/mol. The van der Waals surface area contributed by atoms with Gasteiger partial charge in [0.05, 0.1) is 4.92 Å². The molecule has 0 amide bonds. The van der Waals surface area contributed by atoms with Crippen molar-refractivity contribution in [1.82, 2.24) is 9.97 Å². The SMILES string of the molecule is CSc1nc(NCc2ccc(C)cc2)c([N+](=O)[O-])c(SC#N)n1. The molecule has 0 saturated heterocycles. The predicted octanol–water partition coefficient (Wildman–Crippen LogP) is 3.60. The van der Waals surface area contributed by atoms with Crippen molar-refractivity contribution in [3.8, 4) is 5.40 Å². The van der Waals surface area contributed by atoms with Gasteiger partial charge in [-0.05, 0) is 18.7 Å². The Hall–Kier alpha value is -2.31. The topological polar surface area (TPSA) is 105 Å². The highest BCUT2D eigenvalue weighted by atomic mass is 32.2. The molecule has 0 saturated carbocycles. The van der Waals surface area contributed by atoms with E-state index >= 15 is 0 Å². The molecule has 7 nitrogen and oxygen atoms in total. The third-order valence-electron chi connectivity index (χ3n) is 2.92. The molecule has 0 atom stereocenters. The maximum atomic E-state index is 11.3. The van der Waals surface area contributed by atoms with Gasteiger partial charge >= 0.3 is 5.69 Å². The Morgan fingerprint density at radius 2 is 2.04 bits per heavy atom. The molecule has 2 rings (SSSR count). The summed E-state index contributed by atoms with van der Waals surface area (Å²) in [4.78, 5) is 19.0. The molecule has 1 aromatic carbocycles. The van der Waals surface area contributed by atoms with Gasteiger partial charge < -0.3 is 5.32 Å². The summed E-state index contributed by atoms with van der Waals surface area (Å²) in [5.41, 5.74) is 1.84. The van der Waals surface area contributed by atoms with Crippen molar-refractivity contribution in [2.24, 2.45) is 0 Å². The second-order valence-electron chi connectivity index (χ2n) is 4.50. The molecule has 0 aliphatic carbocycles. The summed E-state index contributed by atoms with van der Waals surface area (Å²) in [6.45, 7) is 2.38. The Labute approximate surface area is 141 Å². The minimum Gasteiger partial charge on any atom is -0.360 e. The van der Waals surface area contributed by atoms with E-state index in [1.807, 2.05) is 36.6 Å². The summed E-state index contributed by atoms with van der Waals surface area (Å²) >= 11 is 1.92. The molecular formula is C14H13N5O2S2. The molecule has 9 heteroatoms. The van der Waals surface area contributed by atoms with Crippen LogP contribution in [0.3, 0.4) is 0 Å². The van der Waals surface area contributed by atoms with E-state index in [4.69, 9.17) is 5.26 Å². The first kappa shape index (κ1) is 17.1. The highest BCUT2D eigenvalue weighted by molar-refractivity contribution is 8.03. The number of aryl methyl sites for hydroxylation is 1. The van der Waals surface area contributed by atoms with E-state index in [1.54, 1.807) is 6.26 Å². The lowest BCUT2D eigenvalue weighted by Crippen LogP contribution is -2.08. The molecule has 0 unspecified atom stereocenters. The Balaban J connectivity index is 2.35. The first-order valence-electron chi connectivity index (χ1n) is 6.51. The van der Waals surface area contributed by atoms with Crippen molar-refractivity contribution in [2.45, 2.75) is 23.7 Å². The molecule has 1 N–H and O–H groups in total. The van der Waals surface area contributed by atoms with E-state index in [0.29, 0.717) is 23.5 Å². The first-order valence-corrected chi connectivity index (χ1v) is 8.55. The molecule has 0 aliphatic heterocycles. The van der Waals surface area contributed by atoms with E-state index in [0.717, 1.165) is 11.1 Å². The number of benzene rings is 1. The lowest BCUT2D eigenvalue weighted by atomic mass is 10.1. The molecule has 1 heterocycles. The van der Waals surface area contributed by atoms with Crippen molar-refractivity contribution in [2.75, 3.05) is 11.6 Å². The van der Waals surface area contributed by atoms with Crippen LogP contribution < -0.4 is 5.32 Å². The minimum absolute atomic E-state index is 0.0447. The fraction of sp³-hybridized carbons (Fsp3) is 0.214. The number of thioether (sulfide) groups is 2. The van der Waals surface area contributed by atoms with Gasteiger partial charge in [-0.25, -0.2) is 4.98 Å². The van der Waals surface area contributed by atoms with Crippen LogP contribution >= 0.6 is 23.5 Å². The number of nitrogens with one attached hydrogen (secondary N) is 1. The predicted molar refractivity (Wildman–Crippen MR) is 90.4 cm³/mol. The van der Waals surface area contributed by atoms with Gasteiger partial charge in [0.2, 0.25) is 5.82 Å². The Kier molecular flexibility index (Phi) is 5.78. The van der Waals surface area contributed by atoms with Crippen LogP contribution in [0.1, 0.15) is 11.1 Å². The largest absolute Gasteiger partial charge is 0.360 e. The van der Waals surface area contributed by atoms with Crippen LogP contribution in [0, 0.1) is 27.7 Å². The zero-order valence-electron chi connectivity index (χ0n) is 12.4. The van der Waals surface area contributed by atoms with E-state index in [2.05, 4.69) is 15.3 Å². The van der Waals surface area contributed by atoms with Crippen LogP contribution in [-0.4, -0.2) is 21.1 Å². The molecule has 1 aromatic heterocycles. The van der Waals surface area contributed by atoms with Gasteiger partial charge in [-0.2, -0.15) is 10.2 Å². The van der Waals surface area contributed by atoms with E-state index in [-0.39, 0.29) is 16.5 Å². The monoisotopic (exact) mass is 347 g/mol. The number of anilines is 1. The van der Waals surface area contributed by atoms with Gasteiger partial charge in [-0.1, -0.05) is 41.6 Å². The maximum Gasteiger partial charge on any atom is 0.344 e. The normalized spacial score (nSPS) is 10.1. The molecule has 118 valence electrons. The lowest BCUT2D eigenvalue weighted by Gasteiger charge is -2.09. The van der Waals surface area contributed by atoms with Gasteiger partial charge in [0.15, 0.2) is 10.2 Å². The number of aromatic nitrogens is 2. The van der Waals surface area contributed by atoms with Crippen molar-refractivity contribution in [3.05, 3.63) is 45.5 Å².